The molecule has 1 heterocycles. The van der Waals surface area contributed by atoms with E-state index in [0.717, 1.165) is 5.69 Å². The molecular weight excluding hydrogens is 386 g/mol. The molecule has 0 atom stereocenters. The fraction of sp³-hybridized carbons (Fsp3) is 0.105. The molecular formula is C19H16ClN3O3S. The van der Waals surface area contributed by atoms with Crippen molar-refractivity contribution in [2.75, 3.05) is 17.7 Å². The largest absolute Gasteiger partial charge is 0.465 e. The molecule has 2 aromatic carbocycles. The highest BCUT2D eigenvalue weighted by Crippen LogP contribution is 2.23. The van der Waals surface area contributed by atoms with Crippen molar-refractivity contribution in [1.29, 1.82) is 0 Å². The molecule has 0 aliphatic heterocycles. The summed E-state index contributed by atoms with van der Waals surface area (Å²) in [5.41, 5.74) is 2.51. The summed E-state index contributed by atoms with van der Waals surface area (Å²) in [4.78, 5) is 28.0. The number of nitrogens with zero attached hydrogens (tertiary/aromatic N) is 1. The lowest BCUT2D eigenvalue weighted by Gasteiger charge is -2.05. The second-order valence-electron chi connectivity index (χ2n) is 5.57. The van der Waals surface area contributed by atoms with Crippen LogP contribution in [0.4, 0.5) is 16.5 Å². The third kappa shape index (κ3) is 5.29. The Morgan fingerprint density at radius 2 is 1.93 bits per heavy atom. The van der Waals surface area contributed by atoms with Gasteiger partial charge in [0.15, 0.2) is 5.13 Å². The van der Waals surface area contributed by atoms with E-state index in [0.29, 0.717) is 27.1 Å². The van der Waals surface area contributed by atoms with Crippen molar-refractivity contribution in [2.24, 2.45) is 0 Å². The number of nitrogens with one attached hydrogen (secondary N) is 2. The number of esters is 1. The van der Waals surface area contributed by atoms with Gasteiger partial charge in [-0.05, 0) is 42.5 Å². The van der Waals surface area contributed by atoms with E-state index in [1.165, 1.54) is 18.4 Å². The van der Waals surface area contributed by atoms with Gasteiger partial charge in [0.2, 0.25) is 5.91 Å². The van der Waals surface area contributed by atoms with Crippen molar-refractivity contribution in [1.82, 2.24) is 4.98 Å². The summed E-state index contributed by atoms with van der Waals surface area (Å²) in [5, 5.41) is 9.08. The molecule has 0 bridgehead atoms. The number of hydrogen-bond acceptors (Lipinski definition) is 6. The number of methoxy groups -OCH3 is 1. The van der Waals surface area contributed by atoms with Gasteiger partial charge in [-0.25, -0.2) is 9.78 Å². The van der Waals surface area contributed by atoms with E-state index in [-0.39, 0.29) is 12.3 Å². The summed E-state index contributed by atoms with van der Waals surface area (Å²) in [7, 11) is 1.32. The molecule has 0 saturated carbocycles. The Hall–Kier alpha value is -2.90. The molecule has 27 heavy (non-hydrogen) atoms. The first-order chi connectivity index (χ1) is 13.0. The molecule has 0 aliphatic carbocycles. The van der Waals surface area contributed by atoms with Crippen molar-refractivity contribution >= 4 is 51.3 Å². The van der Waals surface area contributed by atoms with Crippen molar-refractivity contribution in [3.8, 4) is 0 Å². The maximum absolute atomic E-state index is 12.2. The Kier molecular flexibility index (Phi) is 6.05. The van der Waals surface area contributed by atoms with Gasteiger partial charge in [0.05, 0.1) is 24.8 Å². The highest BCUT2D eigenvalue weighted by atomic mass is 35.5. The minimum absolute atomic E-state index is 0.145. The van der Waals surface area contributed by atoms with Crippen LogP contribution in [0, 0.1) is 0 Å². The molecule has 8 heteroatoms. The number of rotatable bonds is 6. The summed E-state index contributed by atoms with van der Waals surface area (Å²) in [5.74, 6) is -0.615. The number of benzene rings is 2. The highest BCUT2D eigenvalue weighted by molar-refractivity contribution is 7.13. The lowest BCUT2D eigenvalue weighted by atomic mass is 10.2. The number of ether oxygens (including phenoxy) is 1. The highest BCUT2D eigenvalue weighted by Gasteiger charge is 2.10. The van der Waals surface area contributed by atoms with Crippen LogP contribution in [0.5, 0.6) is 0 Å². The molecule has 138 valence electrons. The molecule has 0 fully saturated rings. The molecule has 0 radical (unpaired) electrons. The Bertz CT molecular complexity index is 957. The quantitative estimate of drug-likeness (QED) is 0.594. The Labute approximate surface area is 165 Å². The zero-order valence-corrected chi connectivity index (χ0v) is 15.9. The summed E-state index contributed by atoms with van der Waals surface area (Å²) in [6.45, 7) is 0. The topological polar surface area (TPSA) is 80.3 Å². The van der Waals surface area contributed by atoms with Crippen molar-refractivity contribution < 1.29 is 14.3 Å². The third-order valence-electron chi connectivity index (χ3n) is 3.56. The van der Waals surface area contributed by atoms with Crippen LogP contribution in [-0.4, -0.2) is 24.0 Å². The van der Waals surface area contributed by atoms with Crippen molar-refractivity contribution in [3.63, 3.8) is 0 Å². The zero-order valence-electron chi connectivity index (χ0n) is 14.4. The first-order valence-corrected chi connectivity index (χ1v) is 9.24. The van der Waals surface area contributed by atoms with E-state index in [2.05, 4.69) is 20.4 Å². The van der Waals surface area contributed by atoms with Crippen molar-refractivity contribution in [3.05, 3.63) is 70.2 Å². The average Bonchev–Trinajstić information content (AvgIpc) is 3.08. The van der Waals surface area contributed by atoms with Crippen LogP contribution in [0.3, 0.4) is 0 Å². The van der Waals surface area contributed by atoms with E-state index in [1.54, 1.807) is 36.4 Å². The van der Waals surface area contributed by atoms with E-state index in [9.17, 15) is 9.59 Å². The fourth-order valence-electron chi connectivity index (χ4n) is 2.31. The molecule has 3 rings (SSSR count). The normalized spacial score (nSPS) is 10.3. The van der Waals surface area contributed by atoms with Crippen LogP contribution in [0.1, 0.15) is 16.1 Å². The fourth-order valence-corrected chi connectivity index (χ4v) is 3.23. The lowest BCUT2D eigenvalue weighted by Crippen LogP contribution is -2.14. The van der Waals surface area contributed by atoms with E-state index in [1.807, 2.05) is 17.5 Å². The van der Waals surface area contributed by atoms with E-state index < -0.39 is 5.97 Å². The van der Waals surface area contributed by atoms with Gasteiger partial charge in [0, 0.05) is 21.8 Å². The minimum Gasteiger partial charge on any atom is -0.465 e. The molecule has 3 aromatic rings. The SMILES string of the molecule is COC(=O)c1ccc(NC(=O)Cc2csc(Nc3cccc(Cl)c3)n2)cc1. The maximum Gasteiger partial charge on any atom is 0.337 e. The number of amides is 1. The molecule has 0 spiro atoms. The standard InChI is InChI=1S/C19H16ClN3O3S/c1-26-18(25)12-5-7-14(8-6-12)21-17(24)10-16-11-27-19(23-16)22-15-4-2-3-13(20)9-15/h2-9,11H,10H2,1H3,(H,21,24)(H,22,23). The lowest BCUT2D eigenvalue weighted by molar-refractivity contribution is -0.115. The van der Waals surface area contributed by atoms with Crippen LogP contribution in [0.15, 0.2) is 53.9 Å². The molecule has 0 unspecified atom stereocenters. The summed E-state index contributed by atoms with van der Waals surface area (Å²) >= 11 is 7.37. The minimum atomic E-state index is -0.421. The Balaban J connectivity index is 1.57. The summed E-state index contributed by atoms with van der Waals surface area (Å²) in [6, 6.07) is 13.8. The summed E-state index contributed by atoms with van der Waals surface area (Å²) < 4.78 is 4.64. The predicted molar refractivity (Wildman–Crippen MR) is 107 cm³/mol. The average molecular weight is 402 g/mol. The maximum atomic E-state index is 12.2. The van der Waals surface area contributed by atoms with Gasteiger partial charge in [-0.15, -0.1) is 11.3 Å². The summed E-state index contributed by atoms with van der Waals surface area (Å²) in [6.07, 6.45) is 0.145. The number of anilines is 3. The smallest absolute Gasteiger partial charge is 0.337 e. The number of thiazole rings is 1. The van der Waals surface area contributed by atoms with Gasteiger partial charge in [-0.3, -0.25) is 4.79 Å². The van der Waals surface area contributed by atoms with E-state index in [4.69, 9.17) is 11.6 Å². The van der Waals surface area contributed by atoms with Crippen LogP contribution in [-0.2, 0) is 16.0 Å². The van der Waals surface area contributed by atoms with Gasteiger partial charge in [-0.2, -0.15) is 0 Å². The van der Waals surface area contributed by atoms with Gasteiger partial charge in [0.1, 0.15) is 0 Å². The molecule has 0 aliphatic rings. The van der Waals surface area contributed by atoms with Crippen LogP contribution < -0.4 is 10.6 Å². The molecule has 6 nitrogen and oxygen atoms in total. The van der Waals surface area contributed by atoms with Gasteiger partial charge in [-0.1, -0.05) is 17.7 Å². The third-order valence-corrected chi connectivity index (χ3v) is 4.60. The number of hydrogen-bond donors (Lipinski definition) is 2. The molecule has 1 amide bonds. The molecule has 0 saturated heterocycles. The molecule has 1 aromatic heterocycles. The number of aromatic nitrogens is 1. The first kappa shape index (κ1) is 18.9. The predicted octanol–water partition coefficient (Wildman–Crippen LogP) is 4.51. The number of halogens is 1. The number of carbonyl (C=O) groups excluding carboxylic acids is 2. The van der Waals surface area contributed by atoms with Crippen LogP contribution in [0.25, 0.3) is 0 Å². The van der Waals surface area contributed by atoms with Crippen LogP contribution >= 0.6 is 22.9 Å². The van der Waals surface area contributed by atoms with Crippen LogP contribution in [0.2, 0.25) is 5.02 Å². The van der Waals surface area contributed by atoms with Crippen molar-refractivity contribution in [2.45, 2.75) is 6.42 Å². The second kappa shape index (κ2) is 8.66. The van der Waals surface area contributed by atoms with E-state index >= 15 is 0 Å². The monoisotopic (exact) mass is 401 g/mol. The zero-order chi connectivity index (χ0) is 19.2. The first-order valence-electron chi connectivity index (χ1n) is 7.99. The number of carbonyl (C=O) groups is 2. The molecule has 2 N–H and O–H groups in total. The Morgan fingerprint density at radius 3 is 2.63 bits per heavy atom. The van der Waals surface area contributed by atoms with Gasteiger partial charge >= 0.3 is 5.97 Å². The van der Waals surface area contributed by atoms with Gasteiger partial charge < -0.3 is 15.4 Å². The Morgan fingerprint density at radius 1 is 1.15 bits per heavy atom. The second-order valence-corrected chi connectivity index (χ2v) is 6.87. The van der Waals surface area contributed by atoms with Gasteiger partial charge in [0.25, 0.3) is 0 Å².